The van der Waals surface area contributed by atoms with Gasteiger partial charge in [-0.15, -0.1) is 0 Å². The number of hydrogen-bond donors (Lipinski definition) is 0. The fourth-order valence-corrected chi connectivity index (χ4v) is 2.72. The van der Waals surface area contributed by atoms with Gasteiger partial charge in [0, 0.05) is 12.8 Å². The van der Waals surface area contributed by atoms with E-state index in [1.165, 1.54) is 25.7 Å². The fraction of sp³-hybridized carbons (Fsp3) is 0.895. The smallest absolute Gasteiger partial charge is 0.306 e. The lowest BCUT2D eigenvalue weighted by Gasteiger charge is -2.19. The Morgan fingerprint density at radius 1 is 0.783 bits per heavy atom. The number of rotatable bonds is 14. The number of carbonyl (C=O) groups excluding carboxylic acids is 2. The first kappa shape index (κ1) is 21.9. The van der Waals surface area contributed by atoms with Crippen LogP contribution in [0.1, 0.15) is 85.5 Å². The molecule has 0 radical (unpaired) electrons. The van der Waals surface area contributed by atoms with Crippen molar-refractivity contribution in [2.24, 2.45) is 11.8 Å². The number of esters is 2. The van der Waals surface area contributed by atoms with Gasteiger partial charge in [-0.2, -0.15) is 0 Å². The van der Waals surface area contributed by atoms with E-state index < -0.39 is 0 Å². The van der Waals surface area contributed by atoms with Crippen molar-refractivity contribution in [3.05, 3.63) is 0 Å². The van der Waals surface area contributed by atoms with Crippen molar-refractivity contribution >= 4 is 11.9 Å². The van der Waals surface area contributed by atoms with E-state index in [1.807, 2.05) is 13.8 Å². The quantitative estimate of drug-likeness (QED) is 0.336. The summed E-state index contributed by atoms with van der Waals surface area (Å²) in [5.41, 5.74) is 0. The van der Waals surface area contributed by atoms with Crippen molar-refractivity contribution < 1.29 is 19.1 Å². The summed E-state index contributed by atoms with van der Waals surface area (Å²) in [5, 5.41) is 0. The molecule has 0 N–H and O–H groups in total. The summed E-state index contributed by atoms with van der Waals surface area (Å²) in [5.74, 6) is 0.804. The molecule has 0 rings (SSSR count). The molecule has 1 unspecified atom stereocenters. The van der Waals surface area contributed by atoms with Crippen LogP contribution in [0.2, 0.25) is 0 Å². The molecule has 0 aliphatic carbocycles. The van der Waals surface area contributed by atoms with Gasteiger partial charge in [-0.05, 0) is 38.5 Å². The Hall–Kier alpha value is -1.06. The van der Waals surface area contributed by atoms with Crippen molar-refractivity contribution in [1.29, 1.82) is 0 Å². The summed E-state index contributed by atoms with van der Waals surface area (Å²) in [6, 6.07) is 0. The predicted octanol–water partition coefficient (Wildman–Crippen LogP) is 4.90. The number of unbranched alkanes of at least 4 members (excludes halogenated alkanes) is 5. The summed E-state index contributed by atoms with van der Waals surface area (Å²) in [7, 11) is 0. The molecule has 0 heterocycles. The van der Waals surface area contributed by atoms with Crippen LogP contribution in [0.15, 0.2) is 0 Å². The summed E-state index contributed by atoms with van der Waals surface area (Å²) in [6.45, 7) is 8.99. The van der Waals surface area contributed by atoms with E-state index in [0.717, 1.165) is 19.3 Å². The maximum absolute atomic E-state index is 11.6. The van der Waals surface area contributed by atoms with Gasteiger partial charge in [-0.1, -0.05) is 46.0 Å². The molecule has 4 nitrogen and oxygen atoms in total. The Bertz CT molecular complexity index is 312. The number of ether oxygens (including phenoxy) is 2. The molecule has 0 aliphatic heterocycles. The first-order valence-electron chi connectivity index (χ1n) is 9.32. The normalized spacial score (nSPS) is 12.2. The second kappa shape index (κ2) is 14.5. The Balaban J connectivity index is 3.63. The number of carbonyl (C=O) groups is 2. The second-order valence-corrected chi connectivity index (χ2v) is 6.48. The predicted molar refractivity (Wildman–Crippen MR) is 93.1 cm³/mol. The molecule has 0 aliphatic rings. The molecule has 0 saturated carbocycles. The highest BCUT2D eigenvalue weighted by Gasteiger charge is 2.17. The third kappa shape index (κ3) is 13.1. The minimum atomic E-state index is -0.0776. The van der Waals surface area contributed by atoms with Crippen LogP contribution < -0.4 is 0 Å². The van der Waals surface area contributed by atoms with Gasteiger partial charge in [0.15, 0.2) is 0 Å². The van der Waals surface area contributed by atoms with Gasteiger partial charge in [-0.3, -0.25) is 9.59 Å². The minimum Gasteiger partial charge on any atom is -0.466 e. The SMILES string of the molecule is CCOC(=O)CCCCCCCCC(CC(=O)OCC)C(C)C. The monoisotopic (exact) mass is 328 g/mol. The standard InChI is InChI=1S/C19H36O4/c1-5-22-18(20)14-12-10-8-7-9-11-13-17(16(3)4)15-19(21)23-6-2/h16-17H,5-15H2,1-4H3. The Labute approximate surface area is 142 Å². The van der Waals surface area contributed by atoms with Crippen molar-refractivity contribution in [2.45, 2.75) is 85.5 Å². The van der Waals surface area contributed by atoms with E-state index in [0.29, 0.717) is 37.9 Å². The van der Waals surface area contributed by atoms with Crippen LogP contribution in [0.25, 0.3) is 0 Å². The number of hydrogen-bond acceptors (Lipinski definition) is 4. The van der Waals surface area contributed by atoms with Gasteiger partial charge in [0.25, 0.3) is 0 Å². The van der Waals surface area contributed by atoms with Crippen LogP contribution >= 0.6 is 0 Å². The van der Waals surface area contributed by atoms with Gasteiger partial charge in [-0.25, -0.2) is 0 Å². The molecule has 0 spiro atoms. The largest absolute Gasteiger partial charge is 0.466 e. The van der Waals surface area contributed by atoms with E-state index in [1.54, 1.807) is 0 Å². The Morgan fingerprint density at radius 2 is 1.30 bits per heavy atom. The third-order valence-electron chi connectivity index (χ3n) is 4.19. The van der Waals surface area contributed by atoms with Crippen LogP contribution in [0.4, 0.5) is 0 Å². The van der Waals surface area contributed by atoms with Crippen LogP contribution in [-0.2, 0) is 19.1 Å². The zero-order valence-electron chi connectivity index (χ0n) is 15.6. The topological polar surface area (TPSA) is 52.6 Å². The van der Waals surface area contributed by atoms with Gasteiger partial charge in [0.2, 0.25) is 0 Å². The molecular formula is C19H36O4. The highest BCUT2D eigenvalue weighted by Crippen LogP contribution is 2.23. The van der Waals surface area contributed by atoms with Gasteiger partial charge in [0.05, 0.1) is 13.2 Å². The minimum absolute atomic E-state index is 0.0647. The summed E-state index contributed by atoms with van der Waals surface area (Å²) < 4.78 is 9.96. The van der Waals surface area contributed by atoms with Crippen molar-refractivity contribution in [3.63, 3.8) is 0 Å². The van der Waals surface area contributed by atoms with Crippen LogP contribution in [0.5, 0.6) is 0 Å². The lowest BCUT2D eigenvalue weighted by atomic mass is 9.87. The average Bonchev–Trinajstić information content (AvgIpc) is 2.49. The van der Waals surface area contributed by atoms with Crippen molar-refractivity contribution in [1.82, 2.24) is 0 Å². The molecule has 0 amide bonds. The van der Waals surface area contributed by atoms with Crippen LogP contribution in [-0.4, -0.2) is 25.2 Å². The van der Waals surface area contributed by atoms with Crippen molar-refractivity contribution in [3.8, 4) is 0 Å². The van der Waals surface area contributed by atoms with E-state index in [9.17, 15) is 9.59 Å². The maximum Gasteiger partial charge on any atom is 0.306 e. The van der Waals surface area contributed by atoms with Crippen molar-refractivity contribution in [2.75, 3.05) is 13.2 Å². The first-order valence-corrected chi connectivity index (χ1v) is 9.32. The molecule has 1 atom stereocenters. The highest BCUT2D eigenvalue weighted by atomic mass is 16.5. The lowest BCUT2D eigenvalue weighted by molar-refractivity contribution is -0.145. The highest BCUT2D eigenvalue weighted by molar-refractivity contribution is 5.69. The molecule has 0 fully saturated rings. The Morgan fingerprint density at radius 3 is 1.87 bits per heavy atom. The summed E-state index contributed by atoms with van der Waals surface area (Å²) in [4.78, 5) is 22.8. The molecule has 0 bridgehead atoms. The maximum atomic E-state index is 11.6. The molecule has 136 valence electrons. The summed E-state index contributed by atoms with van der Waals surface area (Å²) >= 11 is 0. The van der Waals surface area contributed by atoms with E-state index in [2.05, 4.69) is 13.8 Å². The van der Waals surface area contributed by atoms with E-state index in [-0.39, 0.29) is 11.9 Å². The molecule has 0 saturated heterocycles. The van der Waals surface area contributed by atoms with Gasteiger partial charge < -0.3 is 9.47 Å². The molecule has 0 aromatic carbocycles. The fourth-order valence-electron chi connectivity index (χ4n) is 2.72. The molecule has 23 heavy (non-hydrogen) atoms. The average molecular weight is 328 g/mol. The molecule has 0 aromatic rings. The first-order chi connectivity index (χ1) is 11.0. The molecule has 4 heteroatoms. The van der Waals surface area contributed by atoms with Gasteiger partial charge >= 0.3 is 11.9 Å². The lowest BCUT2D eigenvalue weighted by Crippen LogP contribution is -2.16. The van der Waals surface area contributed by atoms with Gasteiger partial charge in [0.1, 0.15) is 0 Å². The van der Waals surface area contributed by atoms with Crippen LogP contribution in [0, 0.1) is 11.8 Å². The zero-order valence-corrected chi connectivity index (χ0v) is 15.6. The van der Waals surface area contributed by atoms with E-state index in [4.69, 9.17) is 9.47 Å². The summed E-state index contributed by atoms with van der Waals surface area (Å²) in [6.07, 6.45) is 8.95. The molecule has 0 aromatic heterocycles. The molecular weight excluding hydrogens is 292 g/mol. The van der Waals surface area contributed by atoms with Crippen LogP contribution in [0.3, 0.4) is 0 Å². The Kier molecular flexibility index (Phi) is 13.9. The second-order valence-electron chi connectivity index (χ2n) is 6.48. The van der Waals surface area contributed by atoms with E-state index >= 15 is 0 Å². The zero-order chi connectivity index (χ0) is 17.5. The third-order valence-corrected chi connectivity index (χ3v) is 4.19.